The van der Waals surface area contributed by atoms with Crippen molar-refractivity contribution in [3.63, 3.8) is 0 Å². The monoisotopic (exact) mass is 341 g/mol. The summed E-state index contributed by atoms with van der Waals surface area (Å²) in [6.07, 6.45) is 8.92. The van der Waals surface area contributed by atoms with Gasteiger partial charge in [0.15, 0.2) is 0 Å². The molecule has 1 N–H and O–H groups in total. The fraction of sp³-hybridized carbons (Fsp3) is 0.571. The van der Waals surface area contributed by atoms with E-state index in [1.54, 1.807) is 5.57 Å². The van der Waals surface area contributed by atoms with Crippen LogP contribution in [-0.4, -0.2) is 48.6 Å². The SMILES string of the molecule is Cc1ccc(NC(=O)N2CCN(CCC3=CCCCC3)CC2)cc1C. The Balaban J connectivity index is 1.42. The predicted molar refractivity (Wildman–Crippen MR) is 104 cm³/mol. The van der Waals surface area contributed by atoms with E-state index in [1.165, 1.54) is 43.2 Å². The molecule has 0 unspecified atom stereocenters. The van der Waals surface area contributed by atoms with E-state index in [9.17, 15) is 4.79 Å². The zero-order valence-electron chi connectivity index (χ0n) is 15.7. The standard InChI is InChI=1S/C21H31N3O/c1-17-8-9-20(16-18(17)2)22-21(25)24-14-12-23(13-15-24)11-10-19-6-4-3-5-7-19/h6,8-9,16H,3-5,7,10-15H2,1-2H3,(H,22,25). The van der Waals surface area contributed by atoms with Gasteiger partial charge in [0.2, 0.25) is 0 Å². The topological polar surface area (TPSA) is 35.6 Å². The molecule has 0 radical (unpaired) electrons. The molecule has 0 saturated carbocycles. The maximum absolute atomic E-state index is 12.5. The van der Waals surface area contributed by atoms with Crippen LogP contribution in [-0.2, 0) is 0 Å². The Morgan fingerprint density at radius 3 is 2.56 bits per heavy atom. The minimum absolute atomic E-state index is 0.0258. The van der Waals surface area contributed by atoms with Crippen LogP contribution in [0.1, 0.15) is 43.2 Å². The molecular weight excluding hydrogens is 310 g/mol. The number of hydrogen-bond acceptors (Lipinski definition) is 2. The number of piperazine rings is 1. The van der Waals surface area contributed by atoms with E-state index in [0.717, 1.165) is 38.4 Å². The van der Waals surface area contributed by atoms with Gasteiger partial charge in [-0.1, -0.05) is 17.7 Å². The van der Waals surface area contributed by atoms with E-state index in [-0.39, 0.29) is 6.03 Å². The Labute approximate surface area is 151 Å². The van der Waals surface area contributed by atoms with Crippen molar-refractivity contribution in [1.29, 1.82) is 0 Å². The number of aryl methyl sites for hydroxylation is 2. The van der Waals surface area contributed by atoms with Crippen LogP contribution in [0, 0.1) is 13.8 Å². The molecule has 1 fully saturated rings. The highest BCUT2D eigenvalue weighted by Gasteiger charge is 2.21. The van der Waals surface area contributed by atoms with E-state index in [0.29, 0.717) is 0 Å². The van der Waals surface area contributed by atoms with Gasteiger partial charge in [-0.25, -0.2) is 4.79 Å². The molecule has 1 aromatic carbocycles. The van der Waals surface area contributed by atoms with E-state index >= 15 is 0 Å². The molecule has 4 nitrogen and oxygen atoms in total. The highest BCUT2D eigenvalue weighted by atomic mass is 16.2. The average molecular weight is 341 g/mol. The number of nitrogens with zero attached hydrogens (tertiary/aromatic N) is 2. The third kappa shape index (κ3) is 5.08. The van der Waals surface area contributed by atoms with Gasteiger partial charge >= 0.3 is 6.03 Å². The van der Waals surface area contributed by atoms with Gasteiger partial charge in [-0.15, -0.1) is 0 Å². The third-order valence-electron chi connectivity index (χ3n) is 5.55. The lowest BCUT2D eigenvalue weighted by Crippen LogP contribution is -2.50. The molecule has 3 rings (SSSR count). The first-order chi connectivity index (χ1) is 12.1. The number of carbonyl (C=O) groups excluding carboxylic acids is 1. The van der Waals surface area contributed by atoms with Crippen molar-refractivity contribution in [2.75, 3.05) is 38.0 Å². The van der Waals surface area contributed by atoms with Crippen molar-refractivity contribution < 1.29 is 4.79 Å². The smallest absolute Gasteiger partial charge is 0.321 e. The van der Waals surface area contributed by atoms with Crippen molar-refractivity contribution in [2.24, 2.45) is 0 Å². The molecular formula is C21H31N3O. The Morgan fingerprint density at radius 2 is 1.88 bits per heavy atom. The van der Waals surface area contributed by atoms with Crippen LogP contribution >= 0.6 is 0 Å². The summed E-state index contributed by atoms with van der Waals surface area (Å²) >= 11 is 0. The van der Waals surface area contributed by atoms with Crippen molar-refractivity contribution in [3.05, 3.63) is 41.0 Å². The number of carbonyl (C=O) groups is 1. The van der Waals surface area contributed by atoms with E-state index < -0.39 is 0 Å². The zero-order valence-corrected chi connectivity index (χ0v) is 15.7. The number of benzene rings is 1. The molecule has 0 aromatic heterocycles. The van der Waals surface area contributed by atoms with Crippen LogP contribution in [0.5, 0.6) is 0 Å². The Kier molecular flexibility index (Phi) is 6.14. The average Bonchev–Trinajstić information content (AvgIpc) is 2.64. The van der Waals surface area contributed by atoms with E-state index in [2.05, 4.69) is 36.2 Å². The molecule has 1 aliphatic heterocycles. The summed E-state index contributed by atoms with van der Waals surface area (Å²) in [6, 6.07) is 6.11. The third-order valence-corrected chi connectivity index (χ3v) is 5.55. The number of amides is 2. The summed E-state index contributed by atoms with van der Waals surface area (Å²) in [7, 11) is 0. The van der Waals surface area contributed by atoms with Crippen LogP contribution in [0.4, 0.5) is 10.5 Å². The lowest BCUT2D eigenvalue weighted by atomic mass is 9.97. The van der Waals surface area contributed by atoms with Gasteiger partial charge in [0.1, 0.15) is 0 Å². The lowest BCUT2D eigenvalue weighted by molar-refractivity contribution is 0.148. The Morgan fingerprint density at radius 1 is 1.08 bits per heavy atom. The first-order valence-corrected chi connectivity index (χ1v) is 9.65. The molecule has 0 bridgehead atoms. The number of urea groups is 1. The maximum Gasteiger partial charge on any atom is 0.321 e. The Bertz CT molecular complexity index is 630. The summed E-state index contributed by atoms with van der Waals surface area (Å²) in [5, 5.41) is 3.04. The number of rotatable bonds is 4. The number of hydrogen-bond donors (Lipinski definition) is 1. The summed E-state index contributed by atoms with van der Waals surface area (Å²) in [4.78, 5) is 16.9. The minimum Gasteiger partial charge on any atom is -0.322 e. The first kappa shape index (κ1) is 18.0. The molecule has 25 heavy (non-hydrogen) atoms. The van der Waals surface area contributed by atoms with Gasteiger partial charge in [-0.2, -0.15) is 0 Å². The maximum atomic E-state index is 12.5. The lowest BCUT2D eigenvalue weighted by Gasteiger charge is -2.35. The highest BCUT2D eigenvalue weighted by molar-refractivity contribution is 5.89. The second kappa shape index (κ2) is 8.52. The van der Waals surface area contributed by atoms with Crippen molar-refractivity contribution in [1.82, 2.24) is 9.80 Å². The molecule has 4 heteroatoms. The molecule has 2 aliphatic rings. The molecule has 1 saturated heterocycles. The van der Waals surface area contributed by atoms with E-state index in [1.807, 2.05) is 17.0 Å². The van der Waals surface area contributed by atoms with Crippen LogP contribution in [0.2, 0.25) is 0 Å². The van der Waals surface area contributed by atoms with Crippen molar-refractivity contribution in [3.8, 4) is 0 Å². The normalized spacial score (nSPS) is 18.8. The molecule has 0 atom stereocenters. The number of allylic oxidation sites excluding steroid dienone is 1. The second-order valence-electron chi connectivity index (χ2n) is 7.42. The summed E-state index contributed by atoms with van der Waals surface area (Å²) < 4.78 is 0. The molecule has 136 valence electrons. The summed E-state index contributed by atoms with van der Waals surface area (Å²) in [5.41, 5.74) is 4.99. The summed E-state index contributed by atoms with van der Waals surface area (Å²) in [6.45, 7) is 8.89. The van der Waals surface area contributed by atoms with Gasteiger partial charge < -0.3 is 10.2 Å². The van der Waals surface area contributed by atoms with Crippen LogP contribution in [0.15, 0.2) is 29.8 Å². The molecule has 1 heterocycles. The highest BCUT2D eigenvalue weighted by Crippen LogP contribution is 2.20. The Hall–Kier alpha value is -1.81. The van der Waals surface area contributed by atoms with Crippen LogP contribution < -0.4 is 5.32 Å². The fourth-order valence-corrected chi connectivity index (χ4v) is 3.63. The quantitative estimate of drug-likeness (QED) is 0.827. The molecule has 1 aliphatic carbocycles. The number of nitrogens with one attached hydrogen (secondary N) is 1. The van der Waals surface area contributed by atoms with Crippen LogP contribution in [0.3, 0.4) is 0 Å². The second-order valence-corrected chi connectivity index (χ2v) is 7.42. The van der Waals surface area contributed by atoms with Gasteiger partial charge in [-0.3, -0.25) is 4.90 Å². The number of anilines is 1. The zero-order chi connectivity index (χ0) is 17.6. The minimum atomic E-state index is 0.0258. The molecule has 0 spiro atoms. The van der Waals surface area contributed by atoms with Gasteiger partial charge in [0.25, 0.3) is 0 Å². The van der Waals surface area contributed by atoms with E-state index in [4.69, 9.17) is 0 Å². The van der Waals surface area contributed by atoms with Crippen molar-refractivity contribution in [2.45, 2.75) is 46.0 Å². The predicted octanol–water partition coefficient (Wildman–Crippen LogP) is 4.34. The summed E-state index contributed by atoms with van der Waals surface area (Å²) in [5.74, 6) is 0. The fourth-order valence-electron chi connectivity index (χ4n) is 3.63. The first-order valence-electron chi connectivity index (χ1n) is 9.65. The molecule has 1 aromatic rings. The van der Waals surface area contributed by atoms with Crippen molar-refractivity contribution >= 4 is 11.7 Å². The van der Waals surface area contributed by atoms with Gasteiger partial charge in [0, 0.05) is 38.4 Å². The van der Waals surface area contributed by atoms with Gasteiger partial charge in [-0.05, 0) is 69.2 Å². The van der Waals surface area contributed by atoms with Crippen LogP contribution in [0.25, 0.3) is 0 Å². The molecule has 2 amide bonds. The largest absolute Gasteiger partial charge is 0.322 e. The van der Waals surface area contributed by atoms with Gasteiger partial charge in [0.05, 0.1) is 0 Å².